The summed E-state index contributed by atoms with van der Waals surface area (Å²) in [6.07, 6.45) is 3.27. The summed E-state index contributed by atoms with van der Waals surface area (Å²) in [6.45, 7) is 0.174. The van der Waals surface area contributed by atoms with Crippen LogP contribution in [0, 0.1) is 10.1 Å². The first-order valence-electron chi connectivity index (χ1n) is 5.22. The Bertz CT molecular complexity index is 622. The van der Waals surface area contributed by atoms with Crippen LogP contribution in [0.3, 0.4) is 0 Å². The molecule has 0 N–H and O–H groups in total. The third-order valence-corrected chi connectivity index (χ3v) is 2.94. The topological polar surface area (TPSA) is 65.3 Å². The van der Waals surface area contributed by atoms with Gasteiger partial charge in [-0.25, -0.2) is 0 Å². The fraction of sp³-hybridized carbons (Fsp3) is 0.0833. The van der Waals surface area contributed by atoms with Crippen LogP contribution in [0.15, 0.2) is 41.1 Å². The number of nitro groups is 1. The van der Waals surface area contributed by atoms with Crippen LogP contribution >= 0.6 is 27.5 Å². The van der Waals surface area contributed by atoms with Gasteiger partial charge in [0.1, 0.15) is 6.61 Å². The van der Waals surface area contributed by atoms with Crippen molar-refractivity contribution in [3.05, 3.63) is 61.8 Å². The number of nitro benzene ring substituents is 1. The summed E-state index contributed by atoms with van der Waals surface area (Å²) >= 11 is 9.10. The Hall–Kier alpha value is -1.66. The summed E-state index contributed by atoms with van der Waals surface area (Å²) in [5, 5.41) is 11.2. The van der Waals surface area contributed by atoms with E-state index < -0.39 is 4.92 Å². The molecule has 0 saturated heterocycles. The lowest BCUT2D eigenvalue weighted by atomic mass is 10.3. The van der Waals surface area contributed by atoms with E-state index in [2.05, 4.69) is 20.9 Å². The average molecular weight is 344 g/mol. The fourth-order valence-corrected chi connectivity index (χ4v) is 2.02. The molecular formula is C12H8BrClN2O3. The Balaban J connectivity index is 2.19. The summed E-state index contributed by atoms with van der Waals surface area (Å²) in [6, 6.07) is 6.01. The van der Waals surface area contributed by atoms with Gasteiger partial charge >= 0.3 is 5.69 Å². The lowest BCUT2D eigenvalue weighted by Gasteiger charge is -2.07. The molecule has 0 bridgehead atoms. The van der Waals surface area contributed by atoms with Gasteiger partial charge in [-0.3, -0.25) is 15.1 Å². The highest BCUT2D eigenvalue weighted by Crippen LogP contribution is 2.30. The van der Waals surface area contributed by atoms with E-state index in [0.717, 1.165) is 10.0 Å². The van der Waals surface area contributed by atoms with Crippen molar-refractivity contribution in [2.24, 2.45) is 0 Å². The third kappa shape index (κ3) is 3.65. The molecule has 0 aliphatic heterocycles. The van der Waals surface area contributed by atoms with Gasteiger partial charge in [0.05, 0.1) is 4.92 Å². The van der Waals surface area contributed by atoms with Gasteiger partial charge in [0.15, 0.2) is 5.75 Å². The average Bonchev–Trinajstić information content (AvgIpc) is 2.36. The minimum Gasteiger partial charge on any atom is -0.482 e. The van der Waals surface area contributed by atoms with Crippen molar-refractivity contribution in [1.29, 1.82) is 0 Å². The van der Waals surface area contributed by atoms with Crippen LogP contribution in [-0.4, -0.2) is 9.91 Å². The predicted molar refractivity (Wildman–Crippen MR) is 74.4 cm³/mol. The van der Waals surface area contributed by atoms with E-state index in [4.69, 9.17) is 16.3 Å². The maximum Gasteiger partial charge on any atom is 0.311 e. The number of hydrogen-bond donors (Lipinski definition) is 0. The van der Waals surface area contributed by atoms with Gasteiger partial charge in [0, 0.05) is 39.6 Å². The SMILES string of the molecule is O=[N+]([O-])c1ccc(Cl)cc1OCc1cncc(Br)c1. The number of nitrogens with zero attached hydrogens (tertiary/aromatic N) is 2. The molecule has 1 aromatic carbocycles. The normalized spacial score (nSPS) is 10.2. The van der Waals surface area contributed by atoms with Crippen LogP contribution in [0.4, 0.5) is 5.69 Å². The smallest absolute Gasteiger partial charge is 0.311 e. The van der Waals surface area contributed by atoms with Crippen LogP contribution in [-0.2, 0) is 6.61 Å². The summed E-state index contributed by atoms with van der Waals surface area (Å²) in [5.74, 6) is 0.137. The second kappa shape index (κ2) is 5.99. The molecule has 0 amide bonds. The molecule has 1 heterocycles. The van der Waals surface area contributed by atoms with Gasteiger partial charge in [-0.1, -0.05) is 11.6 Å². The first-order chi connectivity index (χ1) is 9.06. The monoisotopic (exact) mass is 342 g/mol. The van der Waals surface area contributed by atoms with Crippen LogP contribution in [0.5, 0.6) is 5.75 Å². The van der Waals surface area contributed by atoms with E-state index >= 15 is 0 Å². The van der Waals surface area contributed by atoms with Gasteiger partial charge in [0.25, 0.3) is 0 Å². The number of aromatic nitrogens is 1. The molecule has 0 saturated carbocycles. The number of halogens is 2. The Morgan fingerprint density at radius 1 is 1.37 bits per heavy atom. The first kappa shape index (κ1) is 13.8. The second-order valence-corrected chi connectivity index (χ2v) is 5.02. The number of ether oxygens (including phenoxy) is 1. The lowest BCUT2D eigenvalue weighted by Crippen LogP contribution is -1.99. The molecule has 2 aromatic rings. The summed E-state index contributed by atoms with van der Waals surface area (Å²) < 4.78 is 6.25. The summed E-state index contributed by atoms with van der Waals surface area (Å²) in [5.41, 5.74) is 0.677. The van der Waals surface area contributed by atoms with E-state index in [9.17, 15) is 10.1 Å². The minimum atomic E-state index is -0.509. The molecule has 2 rings (SSSR count). The van der Waals surface area contributed by atoms with Crippen LogP contribution in [0.25, 0.3) is 0 Å². The number of rotatable bonds is 4. The molecular weight excluding hydrogens is 336 g/mol. The highest BCUT2D eigenvalue weighted by atomic mass is 79.9. The zero-order chi connectivity index (χ0) is 13.8. The quantitative estimate of drug-likeness (QED) is 0.622. The molecule has 19 heavy (non-hydrogen) atoms. The molecule has 5 nitrogen and oxygen atoms in total. The molecule has 0 unspecified atom stereocenters. The van der Waals surface area contributed by atoms with Crippen molar-refractivity contribution in [2.45, 2.75) is 6.61 Å². The maximum absolute atomic E-state index is 10.9. The van der Waals surface area contributed by atoms with Crippen molar-refractivity contribution >= 4 is 33.2 Å². The molecule has 0 aliphatic rings. The van der Waals surface area contributed by atoms with Crippen molar-refractivity contribution in [3.63, 3.8) is 0 Å². The van der Waals surface area contributed by atoms with E-state index in [1.165, 1.54) is 18.2 Å². The number of hydrogen-bond acceptors (Lipinski definition) is 4. The van der Waals surface area contributed by atoms with Crippen molar-refractivity contribution in [1.82, 2.24) is 4.98 Å². The van der Waals surface area contributed by atoms with E-state index in [1.807, 2.05) is 6.07 Å². The Morgan fingerprint density at radius 3 is 2.84 bits per heavy atom. The zero-order valence-electron chi connectivity index (χ0n) is 9.55. The highest BCUT2D eigenvalue weighted by Gasteiger charge is 2.15. The molecule has 0 fully saturated rings. The first-order valence-corrected chi connectivity index (χ1v) is 6.39. The van der Waals surface area contributed by atoms with Gasteiger partial charge in [-0.2, -0.15) is 0 Å². The Kier molecular flexibility index (Phi) is 4.34. The van der Waals surface area contributed by atoms with Gasteiger partial charge in [0.2, 0.25) is 0 Å². The summed E-state index contributed by atoms with van der Waals surface area (Å²) in [7, 11) is 0. The van der Waals surface area contributed by atoms with E-state index in [0.29, 0.717) is 5.02 Å². The van der Waals surface area contributed by atoms with Crippen molar-refractivity contribution in [3.8, 4) is 5.75 Å². The molecule has 7 heteroatoms. The highest BCUT2D eigenvalue weighted by molar-refractivity contribution is 9.10. The van der Waals surface area contributed by atoms with Crippen LogP contribution in [0.1, 0.15) is 5.56 Å². The molecule has 0 radical (unpaired) electrons. The second-order valence-electron chi connectivity index (χ2n) is 3.67. The van der Waals surface area contributed by atoms with Crippen molar-refractivity contribution < 1.29 is 9.66 Å². The number of benzene rings is 1. The number of pyridine rings is 1. The van der Waals surface area contributed by atoms with Gasteiger partial charge in [-0.05, 0) is 28.1 Å². The fourth-order valence-electron chi connectivity index (χ4n) is 1.45. The van der Waals surface area contributed by atoms with Crippen molar-refractivity contribution in [2.75, 3.05) is 0 Å². The molecule has 98 valence electrons. The Morgan fingerprint density at radius 2 is 2.16 bits per heavy atom. The van der Waals surface area contributed by atoms with Crippen LogP contribution in [0.2, 0.25) is 5.02 Å². The lowest BCUT2D eigenvalue weighted by molar-refractivity contribution is -0.385. The van der Waals surface area contributed by atoms with Gasteiger partial charge in [-0.15, -0.1) is 0 Å². The maximum atomic E-state index is 10.9. The molecule has 1 aromatic heterocycles. The predicted octanol–water partition coefficient (Wildman–Crippen LogP) is 3.98. The zero-order valence-corrected chi connectivity index (χ0v) is 11.9. The summed E-state index contributed by atoms with van der Waals surface area (Å²) in [4.78, 5) is 14.3. The third-order valence-electron chi connectivity index (χ3n) is 2.27. The molecule has 0 aliphatic carbocycles. The standard InChI is InChI=1S/C12H8BrClN2O3/c13-9-3-8(5-15-6-9)7-19-12-4-10(14)1-2-11(12)16(17)18/h1-6H,7H2. The minimum absolute atomic E-state index is 0.118. The van der Waals surface area contributed by atoms with E-state index in [-0.39, 0.29) is 18.0 Å². The van der Waals surface area contributed by atoms with Crippen LogP contribution < -0.4 is 4.74 Å². The Labute approximate surface area is 122 Å². The largest absolute Gasteiger partial charge is 0.482 e. The van der Waals surface area contributed by atoms with Gasteiger partial charge < -0.3 is 4.74 Å². The van der Waals surface area contributed by atoms with E-state index in [1.54, 1.807) is 12.4 Å². The molecule has 0 atom stereocenters. The molecule has 0 spiro atoms.